The third-order valence-corrected chi connectivity index (χ3v) is 3.24. The number of piperazine rings is 1. The van der Waals surface area contributed by atoms with Crippen LogP contribution >= 0.6 is 11.6 Å². The lowest BCUT2D eigenvalue weighted by Crippen LogP contribution is -2.45. The second-order valence-electron chi connectivity index (χ2n) is 4.53. The summed E-state index contributed by atoms with van der Waals surface area (Å²) in [6, 6.07) is 7.21. The summed E-state index contributed by atoms with van der Waals surface area (Å²) in [5.74, 6) is 0.168. The van der Waals surface area contributed by atoms with E-state index in [2.05, 4.69) is 10.3 Å². The third-order valence-electron chi connectivity index (χ3n) is 2.99. The molecule has 108 valence electrons. The number of nitrogens with one attached hydrogen (secondary N) is 2. The van der Waals surface area contributed by atoms with Crippen LogP contribution in [0.4, 0.5) is 0 Å². The van der Waals surface area contributed by atoms with Crippen LogP contribution in [0.5, 0.6) is 0 Å². The van der Waals surface area contributed by atoms with Crippen molar-refractivity contribution in [3.8, 4) is 0 Å². The maximum Gasteiger partial charge on any atom is 0.219 e. The van der Waals surface area contributed by atoms with Crippen molar-refractivity contribution < 1.29 is 5.21 Å². The number of nitrogens with zero attached hydrogens (tertiary/aromatic N) is 3. The molecule has 1 saturated heterocycles. The summed E-state index contributed by atoms with van der Waals surface area (Å²) in [6.45, 7) is 3.53. The molecule has 0 amide bonds. The van der Waals surface area contributed by atoms with Crippen LogP contribution in [0.25, 0.3) is 0 Å². The fourth-order valence-electron chi connectivity index (χ4n) is 1.90. The van der Waals surface area contributed by atoms with Crippen molar-refractivity contribution in [2.45, 2.75) is 6.54 Å². The first-order chi connectivity index (χ1) is 9.65. The Labute approximate surface area is 123 Å². The fourth-order valence-corrected chi connectivity index (χ4v) is 2.02. The molecule has 2 rings (SSSR count). The zero-order valence-electron chi connectivity index (χ0n) is 11.1. The largest absolute Gasteiger partial charge is 0.339 e. The first-order valence-corrected chi connectivity index (χ1v) is 6.81. The third kappa shape index (κ3) is 4.48. The van der Waals surface area contributed by atoms with Crippen LogP contribution in [-0.4, -0.2) is 53.6 Å². The van der Waals surface area contributed by atoms with Gasteiger partial charge in [-0.25, -0.2) is 10.1 Å². The van der Waals surface area contributed by atoms with Crippen LogP contribution in [-0.2, 0) is 6.54 Å². The summed E-state index contributed by atoms with van der Waals surface area (Å²) in [7, 11) is 0. The molecular formula is C13H18ClN5O. The van der Waals surface area contributed by atoms with Gasteiger partial charge in [-0.3, -0.25) is 10.6 Å². The van der Waals surface area contributed by atoms with Crippen molar-refractivity contribution in [1.29, 1.82) is 5.41 Å². The van der Waals surface area contributed by atoms with Gasteiger partial charge in [0.25, 0.3) is 0 Å². The van der Waals surface area contributed by atoms with Gasteiger partial charge >= 0.3 is 0 Å². The van der Waals surface area contributed by atoms with E-state index in [0.29, 0.717) is 11.6 Å². The average Bonchev–Trinajstić information content (AvgIpc) is 2.48. The Bertz CT molecular complexity index is 470. The SMILES string of the molecule is N=C(N=CN(O)Cc1ccc(Cl)cc1)N1CCNCC1. The average molecular weight is 296 g/mol. The van der Waals surface area contributed by atoms with Crippen molar-refractivity contribution in [3.63, 3.8) is 0 Å². The number of halogens is 1. The van der Waals surface area contributed by atoms with Gasteiger partial charge in [-0.05, 0) is 17.7 Å². The Morgan fingerprint density at radius 3 is 2.70 bits per heavy atom. The Hall–Kier alpha value is -1.63. The maximum absolute atomic E-state index is 9.74. The van der Waals surface area contributed by atoms with Gasteiger partial charge in [-0.1, -0.05) is 23.7 Å². The summed E-state index contributed by atoms with van der Waals surface area (Å²) in [4.78, 5) is 5.83. The minimum Gasteiger partial charge on any atom is -0.339 e. The standard InChI is InChI=1S/C13H18ClN5O/c14-12-3-1-11(2-4-12)9-19(20)10-17-13(15)18-7-5-16-6-8-18/h1-4,10,15-16,20H,5-9H2. The lowest BCUT2D eigenvalue weighted by atomic mass is 10.2. The molecule has 6 nitrogen and oxygen atoms in total. The van der Waals surface area contributed by atoms with Crippen LogP contribution in [0.15, 0.2) is 29.3 Å². The Kier molecular flexibility index (Phi) is 5.34. The monoisotopic (exact) mass is 295 g/mol. The van der Waals surface area contributed by atoms with Crippen molar-refractivity contribution in [1.82, 2.24) is 15.3 Å². The zero-order valence-corrected chi connectivity index (χ0v) is 11.8. The van der Waals surface area contributed by atoms with Gasteiger partial charge in [-0.2, -0.15) is 0 Å². The van der Waals surface area contributed by atoms with E-state index < -0.39 is 0 Å². The molecule has 20 heavy (non-hydrogen) atoms. The first-order valence-electron chi connectivity index (χ1n) is 6.43. The normalized spacial score (nSPS) is 15.6. The van der Waals surface area contributed by atoms with Gasteiger partial charge in [-0.15, -0.1) is 0 Å². The molecule has 0 aromatic heterocycles. The van der Waals surface area contributed by atoms with E-state index in [1.165, 1.54) is 6.34 Å². The summed E-state index contributed by atoms with van der Waals surface area (Å²) in [5, 5.41) is 22.4. The van der Waals surface area contributed by atoms with Crippen LogP contribution < -0.4 is 5.32 Å². The molecule has 0 spiro atoms. The maximum atomic E-state index is 9.74. The highest BCUT2D eigenvalue weighted by atomic mass is 35.5. The van der Waals surface area contributed by atoms with Crippen molar-refractivity contribution in [2.75, 3.05) is 26.2 Å². The lowest BCUT2D eigenvalue weighted by Gasteiger charge is -2.27. The van der Waals surface area contributed by atoms with E-state index in [9.17, 15) is 5.21 Å². The number of guanidine groups is 1. The number of hydrogen-bond acceptors (Lipinski definition) is 3. The molecule has 1 aliphatic heterocycles. The summed E-state index contributed by atoms with van der Waals surface area (Å²) in [5.41, 5.74) is 0.914. The van der Waals surface area contributed by atoms with Gasteiger partial charge < -0.3 is 10.2 Å². The predicted molar refractivity (Wildman–Crippen MR) is 79.4 cm³/mol. The minimum absolute atomic E-state index is 0.168. The highest BCUT2D eigenvalue weighted by Crippen LogP contribution is 2.10. The molecule has 0 bridgehead atoms. The van der Waals surface area contributed by atoms with Gasteiger partial charge in [0.1, 0.15) is 6.34 Å². The smallest absolute Gasteiger partial charge is 0.219 e. The Morgan fingerprint density at radius 1 is 1.40 bits per heavy atom. The highest BCUT2D eigenvalue weighted by molar-refractivity contribution is 6.30. The number of benzene rings is 1. The summed E-state index contributed by atoms with van der Waals surface area (Å²) < 4.78 is 0. The predicted octanol–water partition coefficient (Wildman–Crippen LogP) is 1.40. The van der Waals surface area contributed by atoms with E-state index in [4.69, 9.17) is 17.0 Å². The Balaban J connectivity index is 1.83. The molecule has 0 aliphatic carbocycles. The van der Waals surface area contributed by atoms with Crippen LogP contribution in [0.2, 0.25) is 5.02 Å². The topological polar surface area (TPSA) is 75.0 Å². The first kappa shape index (κ1) is 14.8. The van der Waals surface area contributed by atoms with Crippen molar-refractivity contribution in [3.05, 3.63) is 34.9 Å². The molecule has 1 aliphatic rings. The van der Waals surface area contributed by atoms with Crippen LogP contribution in [0, 0.1) is 5.41 Å². The van der Waals surface area contributed by atoms with Gasteiger partial charge in [0.2, 0.25) is 5.96 Å². The zero-order chi connectivity index (χ0) is 14.4. The number of aliphatic imine (C=N–C) groups is 1. The van der Waals surface area contributed by atoms with E-state index in [1.54, 1.807) is 12.1 Å². The van der Waals surface area contributed by atoms with Gasteiger partial charge in [0.05, 0.1) is 6.54 Å². The van der Waals surface area contributed by atoms with E-state index in [1.807, 2.05) is 17.0 Å². The fraction of sp³-hybridized carbons (Fsp3) is 0.385. The van der Waals surface area contributed by atoms with Gasteiger partial charge in [0.15, 0.2) is 0 Å². The number of hydroxylamine groups is 2. The Morgan fingerprint density at radius 2 is 2.05 bits per heavy atom. The van der Waals surface area contributed by atoms with Crippen molar-refractivity contribution in [2.24, 2.45) is 4.99 Å². The molecule has 1 aromatic rings. The molecule has 0 radical (unpaired) electrons. The second kappa shape index (κ2) is 7.23. The number of hydrogen-bond donors (Lipinski definition) is 3. The molecular weight excluding hydrogens is 278 g/mol. The molecule has 1 aromatic carbocycles. The highest BCUT2D eigenvalue weighted by Gasteiger charge is 2.11. The van der Waals surface area contributed by atoms with E-state index in [0.717, 1.165) is 36.8 Å². The molecule has 1 fully saturated rings. The van der Waals surface area contributed by atoms with Gasteiger partial charge in [0, 0.05) is 31.2 Å². The van der Waals surface area contributed by atoms with E-state index in [-0.39, 0.29) is 5.96 Å². The molecule has 0 atom stereocenters. The number of rotatable bonds is 3. The van der Waals surface area contributed by atoms with E-state index >= 15 is 0 Å². The molecule has 1 heterocycles. The quantitative estimate of drug-likeness (QED) is 0.448. The molecule has 7 heteroatoms. The van der Waals surface area contributed by atoms with Crippen LogP contribution in [0.1, 0.15) is 5.56 Å². The van der Waals surface area contributed by atoms with Crippen LogP contribution in [0.3, 0.4) is 0 Å². The van der Waals surface area contributed by atoms with Crippen molar-refractivity contribution >= 4 is 23.9 Å². The second-order valence-corrected chi connectivity index (χ2v) is 4.97. The molecule has 0 saturated carbocycles. The molecule has 0 unspecified atom stereocenters. The summed E-state index contributed by atoms with van der Waals surface area (Å²) >= 11 is 5.80. The molecule has 3 N–H and O–H groups in total. The lowest BCUT2D eigenvalue weighted by molar-refractivity contribution is -0.0164. The minimum atomic E-state index is 0.168. The summed E-state index contributed by atoms with van der Waals surface area (Å²) in [6.07, 6.45) is 1.26.